The van der Waals surface area contributed by atoms with Crippen LogP contribution in [0.3, 0.4) is 0 Å². The molecule has 0 fully saturated rings. The van der Waals surface area contributed by atoms with Crippen molar-refractivity contribution in [2.75, 3.05) is 19.6 Å². The molecule has 0 bridgehead atoms. The van der Waals surface area contributed by atoms with Crippen LogP contribution < -0.4 is 5.73 Å². The van der Waals surface area contributed by atoms with Crippen LogP contribution in [0.25, 0.3) is 11.3 Å². The van der Waals surface area contributed by atoms with Crippen LogP contribution >= 0.6 is 0 Å². The molecular weight excluding hydrogens is 334 g/mol. The largest absolute Gasteiger partial charge is 0.329 e. The highest BCUT2D eigenvalue weighted by molar-refractivity contribution is 5.64. The third kappa shape index (κ3) is 4.33. The van der Waals surface area contributed by atoms with Crippen molar-refractivity contribution in [3.8, 4) is 11.3 Å². The molecule has 0 aliphatic carbocycles. The fourth-order valence-corrected chi connectivity index (χ4v) is 3.01. The molecule has 1 aromatic heterocycles. The molecule has 1 heterocycles. The van der Waals surface area contributed by atoms with Gasteiger partial charge < -0.3 is 5.73 Å². The highest BCUT2D eigenvalue weighted by Crippen LogP contribution is 2.27. The fourth-order valence-electron chi connectivity index (χ4n) is 3.01. The van der Waals surface area contributed by atoms with Crippen molar-refractivity contribution in [2.45, 2.75) is 13.0 Å². The van der Waals surface area contributed by atoms with Gasteiger partial charge in [-0.25, -0.2) is 8.78 Å². The lowest BCUT2D eigenvalue weighted by Crippen LogP contribution is -2.31. The Kier molecular flexibility index (Phi) is 6.09. The van der Waals surface area contributed by atoms with Crippen molar-refractivity contribution in [2.24, 2.45) is 5.73 Å². The summed E-state index contributed by atoms with van der Waals surface area (Å²) in [6.07, 6.45) is 2.50. The van der Waals surface area contributed by atoms with Crippen LogP contribution in [0, 0.1) is 11.6 Å². The lowest BCUT2D eigenvalue weighted by Gasteiger charge is -2.21. The molecule has 0 spiro atoms. The minimum Gasteiger partial charge on any atom is -0.329 e. The van der Waals surface area contributed by atoms with Gasteiger partial charge in [-0.15, -0.1) is 0 Å². The second-order valence-corrected chi connectivity index (χ2v) is 6.17. The Balaban J connectivity index is 1.77. The monoisotopic (exact) mass is 356 g/mol. The molecule has 0 aliphatic rings. The van der Waals surface area contributed by atoms with Crippen LogP contribution in [0.15, 0.2) is 54.7 Å². The lowest BCUT2D eigenvalue weighted by atomic mass is 10.1. The first kappa shape index (κ1) is 18.2. The fraction of sp³-hybridized carbons (Fsp3) is 0.250. The molecule has 2 aromatic carbocycles. The number of nitrogens with one attached hydrogen (secondary N) is 1. The van der Waals surface area contributed by atoms with Gasteiger partial charge in [-0.3, -0.25) is 10.00 Å². The van der Waals surface area contributed by atoms with E-state index in [1.807, 2.05) is 18.2 Å². The highest BCUT2D eigenvalue weighted by Gasteiger charge is 2.18. The Labute approximate surface area is 151 Å². The van der Waals surface area contributed by atoms with Gasteiger partial charge in [0.2, 0.25) is 0 Å². The number of hydrogen-bond donors (Lipinski definition) is 2. The molecule has 0 atom stereocenters. The quantitative estimate of drug-likeness (QED) is 0.651. The van der Waals surface area contributed by atoms with Gasteiger partial charge in [0.25, 0.3) is 0 Å². The van der Waals surface area contributed by atoms with E-state index in [2.05, 4.69) is 27.2 Å². The van der Waals surface area contributed by atoms with E-state index < -0.39 is 11.6 Å². The van der Waals surface area contributed by atoms with Crippen molar-refractivity contribution >= 4 is 0 Å². The maximum absolute atomic E-state index is 14.1. The zero-order valence-electron chi connectivity index (χ0n) is 14.5. The predicted molar refractivity (Wildman–Crippen MR) is 98.4 cm³/mol. The van der Waals surface area contributed by atoms with E-state index in [1.54, 1.807) is 6.20 Å². The first-order valence-corrected chi connectivity index (χ1v) is 8.62. The number of halogens is 2. The van der Waals surface area contributed by atoms with E-state index >= 15 is 0 Å². The topological polar surface area (TPSA) is 57.9 Å². The summed E-state index contributed by atoms with van der Waals surface area (Å²) in [5.74, 6) is -1.21. The van der Waals surface area contributed by atoms with Crippen molar-refractivity contribution in [3.63, 3.8) is 0 Å². The molecule has 0 saturated heterocycles. The third-order valence-corrected chi connectivity index (χ3v) is 4.33. The Morgan fingerprint density at radius 2 is 1.69 bits per heavy atom. The molecule has 3 aromatic rings. The Bertz CT molecular complexity index is 813. The smallest absolute Gasteiger partial charge is 0.135 e. The van der Waals surface area contributed by atoms with Gasteiger partial charge in [0.05, 0.1) is 17.5 Å². The number of nitrogens with zero attached hydrogens (tertiary/aromatic N) is 2. The Morgan fingerprint density at radius 1 is 0.962 bits per heavy atom. The van der Waals surface area contributed by atoms with Gasteiger partial charge in [-0.05, 0) is 24.1 Å². The third-order valence-electron chi connectivity index (χ3n) is 4.33. The van der Waals surface area contributed by atoms with Crippen LogP contribution in [0.5, 0.6) is 0 Å². The zero-order valence-corrected chi connectivity index (χ0v) is 14.5. The maximum Gasteiger partial charge on any atom is 0.135 e. The van der Waals surface area contributed by atoms with E-state index in [0.717, 1.165) is 18.5 Å². The van der Waals surface area contributed by atoms with Crippen LogP contribution in [0.4, 0.5) is 8.78 Å². The van der Waals surface area contributed by atoms with Crippen LogP contribution in [0.1, 0.15) is 11.1 Å². The van der Waals surface area contributed by atoms with E-state index in [4.69, 9.17) is 5.73 Å². The van der Waals surface area contributed by atoms with Crippen molar-refractivity contribution in [1.82, 2.24) is 15.1 Å². The summed E-state index contributed by atoms with van der Waals surface area (Å²) in [6.45, 7) is 2.52. The molecule has 3 N–H and O–H groups in total. The van der Waals surface area contributed by atoms with Crippen molar-refractivity contribution in [3.05, 3.63) is 77.5 Å². The Hall–Kier alpha value is -2.57. The summed E-state index contributed by atoms with van der Waals surface area (Å²) in [6, 6.07) is 14.0. The standard InChI is InChI=1S/C20H22F2N4/c21-17-7-4-8-18(22)19(17)20-16(13-24-25-20)14-26(12-10-23)11-9-15-5-2-1-3-6-15/h1-8,13H,9-12,14,23H2,(H,24,25). The number of aromatic nitrogens is 2. The summed E-state index contributed by atoms with van der Waals surface area (Å²) in [4.78, 5) is 2.17. The van der Waals surface area contributed by atoms with Crippen LogP contribution in [-0.4, -0.2) is 34.7 Å². The van der Waals surface area contributed by atoms with Gasteiger partial charge in [-0.2, -0.15) is 5.10 Å². The molecule has 0 radical (unpaired) electrons. The molecule has 26 heavy (non-hydrogen) atoms. The maximum atomic E-state index is 14.1. The number of aromatic amines is 1. The second kappa shape index (κ2) is 8.69. The highest BCUT2D eigenvalue weighted by atomic mass is 19.1. The molecule has 0 amide bonds. The number of hydrogen-bond acceptors (Lipinski definition) is 3. The molecule has 0 aliphatic heterocycles. The minimum atomic E-state index is -0.606. The Morgan fingerprint density at radius 3 is 2.38 bits per heavy atom. The molecule has 6 heteroatoms. The van der Waals surface area contributed by atoms with E-state index in [-0.39, 0.29) is 5.56 Å². The van der Waals surface area contributed by atoms with E-state index in [0.29, 0.717) is 25.3 Å². The number of H-pyrrole nitrogens is 1. The zero-order chi connectivity index (χ0) is 18.4. The van der Waals surface area contributed by atoms with Gasteiger partial charge in [-0.1, -0.05) is 36.4 Å². The van der Waals surface area contributed by atoms with Crippen LogP contribution in [0.2, 0.25) is 0 Å². The van der Waals surface area contributed by atoms with E-state index in [1.165, 1.54) is 23.8 Å². The SMILES string of the molecule is NCCN(CCc1ccccc1)Cc1cn[nH]c1-c1c(F)cccc1F. The lowest BCUT2D eigenvalue weighted by molar-refractivity contribution is 0.277. The van der Waals surface area contributed by atoms with Gasteiger partial charge in [0.1, 0.15) is 11.6 Å². The average molecular weight is 356 g/mol. The minimum absolute atomic E-state index is 0.0734. The summed E-state index contributed by atoms with van der Waals surface area (Å²) in [5.41, 5.74) is 8.03. The number of benzene rings is 2. The van der Waals surface area contributed by atoms with Gasteiger partial charge in [0.15, 0.2) is 0 Å². The average Bonchev–Trinajstić information content (AvgIpc) is 3.08. The first-order valence-electron chi connectivity index (χ1n) is 8.62. The molecule has 136 valence electrons. The van der Waals surface area contributed by atoms with Crippen LogP contribution in [-0.2, 0) is 13.0 Å². The first-order chi connectivity index (χ1) is 12.7. The van der Waals surface area contributed by atoms with Crippen molar-refractivity contribution in [1.29, 1.82) is 0 Å². The summed E-state index contributed by atoms with van der Waals surface area (Å²) in [5, 5.41) is 6.73. The summed E-state index contributed by atoms with van der Waals surface area (Å²) in [7, 11) is 0. The van der Waals surface area contributed by atoms with Gasteiger partial charge >= 0.3 is 0 Å². The van der Waals surface area contributed by atoms with Crippen molar-refractivity contribution < 1.29 is 8.78 Å². The molecular formula is C20H22F2N4. The predicted octanol–water partition coefficient (Wildman–Crippen LogP) is 3.36. The molecule has 3 rings (SSSR count). The van der Waals surface area contributed by atoms with E-state index in [9.17, 15) is 8.78 Å². The molecule has 0 saturated carbocycles. The molecule has 0 unspecified atom stereocenters. The number of nitrogens with two attached hydrogens (primary N) is 1. The normalized spacial score (nSPS) is 11.2. The number of rotatable bonds is 8. The molecule has 4 nitrogen and oxygen atoms in total. The summed E-state index contributed by atoms with van der Waals surface area (Å²) >= 11 is 0. The second-order valence-electron chi connectivity index (χ2n) is 6.17. The summed E-state index contributed by atoms with van der Waals surface area (Å²) < 4.78 is 28.3. The van der Waals surface area contributed by atoms with Gasteiger partial charge in [0, 0.05) is 31.7 Å².